The third kappa shape index (κ3) is 5.09. The van der Waals surface area contributed by atoms with Crippen LogP contribution < -0.4 is 10.5 Å². The van der Waals surface area contributed by atoms with Crippen molar-refractivity contribution < 1.29 is 28.0 Å². The van der Waals surface area contributed by atoms with E-state index < -0.39 is 32.5 Å². The number of sulfonamides is 1. The Balaban J connectivity index is 2.08. The van der Waals surface area contributed by atoms with E-state index in [1.54, 1.807) is 0 Å². The first-order valence-corrected chi connectivity index (χ1v) is 9.06. The van der Waals surface area contributed by atoms with Crippen LogP contribution in [-0.4, -0.2) is 36.9 Å². The van der Waals surface area contributed by atoms with Gasteiger partial charge in [0, 0.05) is 18.7 Å². The Labute approximate surface area is 153 Å². The molecule has 142 valence electrons. The molecule has 0 aromatic heterocycles. The molecule has 0 heterocycles. The topological polar surface area (TPSA) is 170 Å². The molecule has 0 aliphatic carbocycles. The fourth-order valence-electron chi connectivity index (χ4n) is 2.28. The lowest BCUT2D eigenvalue weighted by Gasteiger charge is -2.08. The summed E-state index contributed by atoms with van der Waals surface area (Å²) in [6, 6.07) is 8.63. The average Bonchev–Trinajstić information content (AvgIpc) is 2.60. The molecule has 2 aromatic carbocycles. The van der Waals surface area contributed by atoms with Crippen LogP contribution in [0.5, 0.6) is 0 Å². The summed E-state index contributed by atoms with van der Waals surface area (Å²) in [5.74, 6) is -2.15. The number of nitrogens with zero attached hydrogens (tertiary/aromatic N) is 1. The summed E-state index contributed by atoms with van der Waals surface area (Å²) >= 11 is 0. The smallest absolute Gasteiger partial charge is 0.336 e. The molecule has 0 atom stereocenters. The first-order chi connectivity index (χ1) is 12.6. The van der Waals surface area contributed by atoms with Gasteiger partial charge in [0.1, 0.15) is 0 Å². The van der Waals surface area contributed by atoms with Gasteiger partial charge in [0.25, 0.3) is 11.6 Å². The molecule has 27 heavy (non-hydrogen) atoms. The Morgan fingerprint density at radius 1 is 1.11 bits per heavy atom. The Morgan fingerprint density at radius 2 is 1.74 bits per heavy atom. The van der Waals surface area contributed by atoms with E-state index >= 15 is 0 Å². The van der Waals surface area contributed by atoms with Crippen molar-refractivity contribution in [2.45, 2.75) is 11.3 Å². The largest absolute Gasteiger partial charge is 0.478 e. The molecule has 2 aromatic rings. The van der Waals surface area contributed by atoms with Gasteiger partial charge >= 0.3 is 5.97 Å². The number of carboxylic acids is 1. The first kappa shape index (κ1) is 20.0. The quantitative estimate of drug-likeness (QED) is 0.463. The van der Waals surface area contributed by atoms with E-state index in [2.05, 4.69) is 5.32 Å². The molecule has 4 N–H and O–H groups in total. The van der Waals surface area contributed by atoms with Crippen molar-refractivity contribution in [3.63, 3.8) is 0 Å². The van der Waals surface area contributed by atoms with E-state index in [0.717, 1.165) is 18.2 Å². The summed E-state index contributed by atoms with van der Waals surface area (Å²) in [7, 11) is -3.79. The van der Waals surface area contributed by atoms with Crippen molar-refractivity contribution in [3.8, 4) is 0 Å². The first-order valence-electron chi connectivity index (χ1n) is 7.51. The second-order valence-electron chi connectivity index (χ2n) is 5.49. The summed E-state index contributed by atoms with van der Waals surface area (Å²) in [4.78, 5) is 33.5. The minimum atomic E-state index is -3.79. The highest BCUT2D eigenvalue weighted by molar-refractivity contribution is 7.89. The van der Waals surface area contributed by atoms with Crippen molar-refractivity contribution in [2.24, 2.45) is 5.14 Å². The van der Waals surface area contributed by atoms with Gasteiger partial charge < -0.3 is 10.4 Å². The van der Waals surface area contributed by atoms with Crippen LogP contribution >= 0.6 is 0 Å². The number of primary sulfonamides is 1. The van der Waals surface area contributed by atoms with Crippen LogP contribution in [0.2, 0.25) is 0 Å². The standard InChI is InChI=1S/C16H15N3O7S/c17-27(25,26)12-4-1-10(2-5-12)7-8-18-15(20)14-9-11(19(23)24)3-6-13(14)16(21)22/h1-6,9H,7-8H2,(H,18,20)(H,21,22)(H2,17,25,26). The van der Waals surface area contributed by atoms with Crippen LogP contribution in [0, 0.1) is 10.1 Å². The predicted octanol–water partition coefficient (Wildman–Crippen LogP) is 0.913. The molecule has 0 aliphatic heterocycles. The zero-order valence-electron chi connectivity index (χ0n) is 13.8. The minimum Gasteiger partial charge on any atom is -0.478 e. The summed E-state index contributed by atoms with van der Waals surface area (Å²) in [6.45, 7) is 0.106. The highest BCUT2D eigenvalue weighted by Gasteiger charge is 2.20. The number of benzene rings is 2. The fraction of sp³-hybridized carbons (Fsp3) is 0.125. The number of carboxylic acid groups (broad SMARTS) is 1. The van der Waals surface area contributed by atoms with E-state index in [4.69, 9.17) is 10.2 Å². The van der Waals surface area contributed by atoms with E-state index in [-0.39, 0.29) is 22.6 Å². The van der Waals surface area contributed by atoms with Crippen molar-refractivity contribution in [3.05, 3.63) is 69.3 Å². The highest BCUT2D eigenvalue weighted by Crippen LogP contribution is 2.18. The number of hydrogen-bond acceptors (Lipinski definition) is 6. The van der Waals surface area contributed by atoms with Gasteiger partial charge in [-0.3, -0.25) is 14.9 Å². The van der Waals surface area contributed by atoms with Crippen LogP contribution in [-0.2, 0) is 16.4 Å². The molecule has 10 nitrogen and oxygen atoms in total. The third-order valence-corrected chi connectivity index (χ3v) is 4.57. The average molecular weight is 393 g/mol. The van der Waals surface area contributed by atoms with Gasteiger partial charge in [-0.2, -0.15) is 0 Å². The number of carbonyl (C=O) groups is 2. The number of nitro benzene ring substituents is 1. The summed E-state index contributed by atoms with van der Waals surface area (Å²) in [5.41, 5.74) is -0.360. The van der Waals surface area contributed by atoms with Gasteiger partial charge in [0.15, 0.2) is 0 Å². The Hall–Kier alpha value is -3.31. The molecular formula is C16H15N3O7S. The monoisotopic (exact) mass is 393 g/mol. The number of nitrogens with two attached hydrogens (primary N) is 1. The van der Waals surface area contributed by atoms with Crippen LogP contribution in [0.1, 0.15) is 26.3 Å². The molecule has 0 unspecified atom stereocenters. The van der Waals surface area contributed by atoms with Crippen molar-refractivity contribution >= 4 is 27.6 Å². The normalized spacial score (nSPS) is 11.0. The number of aromatic carboxylic acids is 1. The molecule has 2 rings (SSSR count). The maximum absolute atomic E-state index is 12.2. The van der Waals surface area contributed by atoms with Crippen LogP contribution in [0.4, 0.5) is 5.69 Å². The minimum absolute atomic E-state index is 0.0435. The van der Waals surface area contributed by atoms with Gasteiger partial charge in [-0.05, 0) is 30.2 Å². The van der Waals surface area contributed by atoms with Crippen LogP contribution in [0.25, 0.3) is 0 Å². The van der Waals surface area contributed by atoms with Gasteiger partial charge in [-0.25, -0.2) is 18.4 Å². The summed E-state index contributed by atoms with van der Waals surface area (Å²) < 4.78 is 22.4. The van der Waals surface area contributed by atoms with E-state index in [9.17, 15) is 28.1 Å². The molecule has 0 bridgehead atoms. The Morgan fingerprint density at radius 3 is 2.26 bits per heavy atom. The zero-order chi connectivity index (χ0) is 20.2. The van der Waals surface area contributed by atoms with Gasteiger partial charge in [-0.1, -0.05) is 12.1 Å². The summed E-state index contributed by atoms with van der Waals surface area (Å²) in [5, 5.41) is 27.4. The lowest BCUT2D eigenvalue weighted by Crippen LogP contribution is -2.27. The number of non-ortho nitro benzene ring substituents is 1. The SMILES string of the molecule is NS(=O)(=O)c1ccc(CCNC(=O)c2cc([N+](=O)[O-])ccc2C(=O)O)cc1. The predicted molar refractivity (Wildman–Crippen MR) is 93.9 cm³/mol. The second-order valence-corrected chi connectivity index (χ2v) is 7.05. The molecule has 0 radical (unpaired) electrons. The van der Waals surface area contributed by atoms with Gasteiger partial charge in [-0.15, -0.1) is 0 Å². The van der Waals surface area contributed by atoms with Crippen LogP contribution in [0.3, 0.4) is 0 Å². The number of nitro groups is 1. The van der Waals surface area contributed by atoms with Crippen molar-refractivity contribution in [2.75, 3.05) is 6.54 Å². The van der Waals surface area contributed by atoms with Crippen molar-refractivity contribution in [1.82, 2.24) is 5.32 Å². The van der Waals surface area contributed by atoms with E-state index in [1.807, 2.05) is 0 Å². The van der Waals surface area contributed by atoms with E-state index in [1.165, 1.54) is 24.3 Å². The Bertz CT molecular complexity index is 1000. The number of carbonyl (C=O) groups excluding carboxylic acids is 1. The number of rotatable bonds is 7. The molecule has 11 heteroatoms. The lowest BCUT2D eigenvalue weighted by molar-refractivity contribution is -0.384. The molecule has 0 fully saturated rings. The fourth-order valence-corrected chi connectivity index (χ4v) is 2.80. The number of hydrogen-bond donors (Lipinski definition) is 3. The second kappa shape index (κ2) is 7.93. The number of nitrogens with one attached hydrogen (secondary N) is 1. The van der Waals surface area contributed by atoms with Gasteiger partial charge in [0.2, 0.25) is 10.0 Å². The molecule has 0 saturated heterocycles. The summed E-state index contributed by atoms with van der Waals surface area (Å²) in [6.07, 6.45) is 0.327. The lowest BCUT2D eigenvalue weighted by atomic mass is 10.1. The van der Waals surface area contributed by atoms with Crippen LogP contribution in [0.15, 0.2) is 47.4 Å². The zero-order valence-corrected chi connectivity index (χ0v) is 14.6. The maximum Gasteiger partial charge on any atom is 0.336 e. The highest BCUT2D eigenvalue weighted by atomic mass is 32.2. The molecular weight excluding hydrogens is 378 g/mol. The maximum atomic E-state index is 12.2. The Kier molecular flexibility index (Phi) is 5.88. The van der Waals surface area contributed by atoms with Gasteiger partial charge in [0.05, 0.1) is 20.9 Å². The molecule has 0 aliphatic rings. The van der Waals surface area contributed by atoms with E-state index in [0.29, 0.717) is 12.0 Å². The van der Waals surface area contributed by atoms with Crippen molar-refractivity contribution in [1.29, 1.82) is 0 Å². The molecule has 1 amide bonds. The third-order valence-electron chi connectivity index (χ3n) is 3.64. The molecule has 0 saturated carbocycles. The number of amides is 1. The molecule has 0 spiro atoms.